The highest BCUT2D eigenvalue weighted by atomic mass is 14.9. The summed E-state index contributed by atoms with van der Waals surface area (Å²) in [7, 11) is 0. The summed E-state index contributed by atoms with van der Waals surface area (Å²) in [6, 6.07) is 0. The van der Waals surface area contributed by atoms with Gasteiger partial charge in [0.15, 0.2) is 0 Å². The van der Waals surface area contributed by atoms with Crippen LogP contribution in [0.1, 0.15) is 13.8 Å². The molecule has 1 aliphatic heterocycles. The fourth-order valence-corrected chi connectivity index (χ4v) is 0.748. The highest BCUT2D eigenvalue weighted by Crippen LogP contribution is 1.99. The van der Waals surface area contributed by atoms with E-state index in [-0.39, 0.29) is 0 Å². The van der Waals surface area contributed by atoms with Gasteiger partial charge in [-0.3, -0.25) is 4.99 Å². The van der Waals surface area contributed by atoms with E-state index >= 15 is 0 Å². The maximum atomic E-state index is 4.20. The van der Waals surface area contributed by atoms with E-state index in [9.17, 15) is 0 Å². The second-order valence-electron chi connectivity index (χ2n) is 2.47. The van der Waals surface area contributed by atoms with E-state index in [4.69, 9.17) is 0 Å². The Balaban J connectivity index is 2.57. The third-order valence-corrected chi connectivity index (χ3v) is 1.38. The number of hydrogen-bond acceptors (Lipinski definition) is 2. The fourth-order valence-electron chi connectivity index (χ4n) is 0.748. The minimum Gasteiger partial charge on any atom is -0.384 e. The van der Waals surface area contributed by atoms with Crippen molar-refractivity contribution in [1.82, 2.24) is 5.32 Å². The molecule has 1 aliphatic rings. The Morgan fingerprint density at radius 1 is 1.67 bits per heavy atom. The predicted octanol–water partition coefficient (Wildman–Crippen LogP) is 1.16. The molecule has 0 atom stereocenters. The molecule has 0 aromatic rings. The van der Waals surface area contributed by atoms with Gasteiger partial charge >= 0.3 is 0 Å². The Morgan fingerprint density at radius 3 is 2.78 bits per heavy atom. The SMILES string of the molecule is CC(C)C1=NC=CNC1. The quantitative estimate of drug-likeness (QED) is 0.557. The van der Waals surface area contributed by atoms with Crippen molar-refractivity contribution >= 4 is 5.71 Å². The molecule has 0 aromatic heterocycles. The largest absolute Gasteiger partial charge is 0.384 e. The van der Waals surface area contributed by atoms with Gasteiger partial charge in [0.05, 0.1) is 6.54 Å². The average molecular weight is 124 g/mol. The van der Waals surface area contributed by atoms with E-state index in [0.29, 0.717) is 5.92 Å². The van der Waals surface area contributed by atoms with Gasteiger partial charge in [0.1, 0.15) is 0 Å². The van der Waals surface area contributed by atoms with E-state index in [1.54, 1.807) is 6.20 Å². The van der Waals surface area contributed by atoms with Gasteiger partial charge < -0.3 is 5.32 Å². The summed E-state index contributed by atoms with van der Waals surface area (Å²) < 4.78 is 0. The van der Waals surface area contributed by atoms with Crippen LogP contribution in [-0.4, -0.2) is 12.3 Å². The lowest BCUT2D eigenvalue weighted by Crippen LogP contribution is -2.24. The second-order valence-corrected chi connectivity index (χ2v) is 2.47. The van der Waals surface area contributed by atoms with Crippen molar-refractivity contribution < 1.29 is 0 Å². The summed E-state index contributed by atoms with van der Waals surface area (Å²) in [5.74, 6) is 0.572. The number of nitrogens with zero attached hydrogens (tertiary/aromatic N) is 1. The molecule has 50 valence electrons. The lowest BCUT2D eigenvalue weighted by molar-refractivity contribution is 0.829. The molecule has 0 amide bonds. The molecular weight excluding hydrogens is 112 g/mol. The Labute approximate surface area is 55.7 Å². The van der Waals surface area contributed by atoms with Gasteiger partial charge in [0.25, 0.3) is 0 Å². The van der Waals surface area contributed by atoms with Crippen LogP contribution in [-0.2, 0) is 0 Å². The minimum atomic E-state index is 0.572. The lowest BCUT2D eigenvalue weighted by Gasteiger charge is -2.11. The fraction of sp³-hybridized carbons (Fsp3) is 0.571. The molecule has 1 rings (SSSR count). The molecule has 0 radical (unpaired) electrons. The van der Waals surface area contributed by atoms with Crippen molar-refractivity contribution in [2.45, 2.75) is 13.8 Å². The number of hydrogen-bond donors (Lipinski definition) is 1. The van der Waals surface area contributed by atoms with Gasteiger partial charge in [-0.2, -0.15) is 0 Å². The van der Waals surface area contributed by atoms with Crippen LogP contribution in [0.15, 0.2) is 17.4 Å². The maximum absolute atomic E-state index is 4.20. The summed E-state index contributed by atoms with van der Waals surface area (Å²) >= 11 is 0. The number of aliphatic imine (C=N–C) groups is 1. The standard InChI is InChI=1S/C7H12N2/c1-6(2)7-5-8-3-4-9-7/h3-4,6,8H,5H2,1-2H3. The molecule has 1 N–H and O–H groups in total. The predicted molar refractivity (Wildman–Crippen MR) is 39.4 cm³/mol. The van der Waals surface area contributed by atoms with Crippen LogP contribution in [0.4, 0.5) is 0 Å². The van der Waals surface area contributed by atoms with Gasteiger partial charge in [-0.05, 0) is 5.92 Å². The Bertz CT molecular complexity index is 145. The van der Waals surface area contributed by atoms with Crippen LogP contribution in [0.25, 0.3) is 0 Å². The van der Waals surface area contributed by atoms with E-state index in [0.717, 1.165) is 6.54 Å². The number of rotatable bonds is 1. The third kappa shape index (κ3) is 1.56. The highest BCUT2D eigenvalue weighted by Gasteiger charge is 2.03. The van der Waals surface area contributed by atoms with Crippen molar-refractivity contribution in [3.63, 3.8) is 0 Å². The van der Waals surface area contributed by atoms with E-state index < -0.39 is 0 Å². The van der Waals surface area contributed by atoms with E-state index in [1.165, 1.54) is 5.71 Å². The maximum Gasteiger partial charge on any atom is 0.0531 e. The van der Waals surface area contributed by atoms with Crippen molar-refractivity contribution in [3.8, 4) is 0 Å². The average Bonchev–Trinajstić information content (AvgIpc) is 1.90. The van der Waals surface area contributed by atoms with E-state index in [2.05, 4.69) is 24.2 Å². The van der Waals surface area contributed by atoms with Gasteiger partial charge in [-0.15, -0.1) is 0 Å². The number of nitrogens with one attached hydrogen (secondary N) is 1. The Hall–Kier alpha value is -0.790. The topological polar surface area (TPSA) is 24.4 Å². The zero-order valence-corrected chi connectivity index (χ0v) is 5.89. The van der Waals surface area contributed by atoms with E-state index in [1.807, 2.05) is 6.20 Å². The lowest BCUT2D eigenvalue weighted by atomic mass is 10.1. The molecule has 0 spiro atoms. The van der Waals surface area contributed by atoms with Crippen molar-refractivity contribution in [1.29, 1.82) is 0 Å². The van der Waals surface area contributed by atoms with Crippen LogP contribution in [0.3, 0.4) is 0 Å². The van der Waals surface area contributed by atoms with Gasteiger partial charge in [-0.1, -0.05) is 13.8 Å². The summed E-state index contributed by atoms with van der Waals surface area (Å²) in [5.41, 5.74) is 1.23. The molecule has 2 nitrogen and oxygen atoms in total. The first kappa shape index (κ1) is 6.33. The molecule has 0 saturated carbocycles. The first-order valence-electron chi connectivity index (χ1n) is 3.25. The normalized spacial score (nSPS) is 17.4. The van der Waals surface area contributed by atoms with Crippen LogP contribution in [0.5, 0.6) is 0 Å². The van der Waals surface area contributed by atoms with Gasteiger partial charge in [-0.25, -0.2) is 0 Å². The first-order chi connectivity index (χ1) is 4.30. The molecule has 0 bridgehead atoms. The molecule has 2 heteroatoms. The van der Waals surface area contributed by atoms with Crippen molar-refractivity contribution in [2.24, 2.45) is 10.9 Å². The summed E-state index contributed by atoms with van der Waals surface area (Å²) in [6.45, 7) is 5.22. The molecular formula is C7H12N2. The zero-order valence-electron chi connectivity index (χ0n) is 5.89. The van der Waals surface area contributed by atoms with Crippen LogP contribution in [0, 0.1) is 5.92 Å². The summed E-state index contributed by atoms with van der Waals surface area (Å²) in [6.07, 6.45) is 3.67. The summed E-state index contributed by atoms with van der Waals surface area (Å²) in [4.78, 5) is 4.20. The molecule has 0 unspecified atom stereocenters. The Morgan fingerprint density at radius 2 is 2.44 bits per heavy atom. The third-order valence-electron chi connectivity index (χ3n) is 1.38. The minimum absolute atomic E-state index is 0.572. The molecule has 1 heterocycles. The highest BCUT2D eigenvalue weighted by molar-refractivity contribution is 5.89. The molecule has 0 aromatic carbocycles. The van der Waals surface area contributed by atoms with Crippen molar-refractivity contribution in [3.05, 3.63) is 12.4 Å². The van der Waals surface area contributed by atoms with Gasteiger partial charge in [0.2, 0.25) is 0 Å². The first-order valence-corrected chi connectivity index (χ1v) is 3.25. The van der Waals surface area contributed by atoms with Crippen LogP contribution < -0.4 is 5.32 Å². The zero-order chi connectivity index (χ0) is 6.69. The second kappa shape index (κ2) is 2.67. The Kier molecular flexibility index (Phi) is 1.88. The molecule has 0 fully saturated rings. The van der Waals surface area contributed by atoms with Crippen LogP contribution in [0.2, 0.25) is 0 Å². The monoisotopic (exact) mass is 124 g/mol. The molecule has 0 saturated heterocycles. The van der Waals surface area contributed by atoms with Crippen LogP contribution >= 0.6 is 0 Å². The smallest absolute Gasteiger partial charge is 0.0531 e. The molecule has 9 heavy (non-hydrogen) atoms. The molecule has 0 aliphatic carbocycles. The summed E-state index contributed by atoms with van der Waals surface area (Å²) in [5, 5.41) is 3.10. The van der Waals surface area contributed by atoms with Crippen molar-refractivity contribution in [2.75, 3.05) is 6.54 Å². The van der Waals surface area contributed by atoms with Gasteiger partial charge in [0, 0.05) is 18.1 Å².